The second kappa shape index (κ2) is 22.3. The third kappa shape index (κ3) is 17.5. The van der Waals surface area contributed by atoms with Crippen LogP contribution in [0.4, 0.5) is 4.79 Å². The number of carbonyl (C=O) groups excluding carboxylic acids is 1. The lowest BCUT2D eigenvalue weighted by molar-refractivity contribution is 0.0391. The number of unbranched alkanes of at least 4 members (excludes halogenated alkanes) is 15. The fraction of sp³-hybridized carbons (Fsp3) is 0.806. The van der Waals surface area contributed by atoms with Crippen LogP contribution in [0, 0.1) is 5.92 Å². The zero-order valence-corrected chi connectivity index (χ0v) is 23.6. The van der Waals surface area contributed by atoms with Crippen molar-refractivity contribution in [3.63, 3.8) is 0 Å². The molecule has 2 atom stereocenters. The number of aromatic nitrogens is 1. The molecular formula is C31H54N2O4. The Labute approximate surface area is 226 Å². The highest BCUT2D eigenvalue weighted by Gasteiger charge is 2.26. The number of rotatable bonds is 23. The van der Waals surface area contributed by atoms with Gasteiger partial charge in [-0.25, -0.2) is 4.79 Å². The lowest BCUT2D eigenvalue weighted by Crippen LogP contribution is -2.27. The van der Waals surface area contributed by atoms with E-state index in [0.29, 0.717) is 19.1 Å². The van der Waals surface area contributed by atoms with Gasteiger partial charge >= 0.3 is 6.09 Å². The number of ether oxygens (including phenoxy) is 3. The quantitative estimate of drug-likeness (QED) is 0.149. The van der Waals surface area contributed by atoms with E-state index in [1.807, 2.05) is 12.1 Å². The molecule has 2 unspecified atom stereocenters. The molecule has 2 heterocycles. The first-order valence-corrected chi connectivity index (χ1v) is 15.3. The number of hydrogen-bond acceptors (Lipinski definition) is 5. The summed E-state index contributed by atoms with van der Waals surface area (Å²) in [5, 5.41) is 2.75. The number of hydrogen-bond donors (Lipinski definition) is 1. The second-order valence-electron chi connectivity index (χ2n) is 10.7. The van der Waals surface area contributed by atoms with Gasteiger partial charge in [-0.15, -0.1) is 0 Å². The summed E-state index contributed by atoms with van der Waals surface area (Å²) < 4.78 is 17.0. The van der Waals surface area contributed by atoms with E-state index in [0.717, 1.165) is 31.6 Å². The molecule has 212 valence electrons. The van der Waals surface area contributed by atoms with Crippen molar-refractivity contribution in [2.75, 3.05) is 26.4 Å². The number of amides is 1. The first-order chi connectivity index (χ1) is 18.3. The molecule has 1 saturated heterocycles. The van der Waals surface area contributed by atoms with Gasteiger partial charge < -0.3 is 19.5 Å². The predicted molar refractivity (Wildman–Crippen MR) is 151 cm³/mol. The third-order valence-electron chi connectivity index (χ3n) is 7.25. The smallest absolute Gasteiger partial charge is 0.407 e. The number of pyridine rings is 1. The van der Waals surface area contributed by atoms with Gasteiger partial charge in [-0.05, 0) is 30.5 Å². The first kappa shape index (κ1) is 31.6. The molecule has 0 spiro atoms. The Morgan fingerprint density at radius 2 is 1.43 bits per heavy atom. The summed E-state index contributed by atoms with van der Waals surface area (Å²) in [5.41, 5.74) is 0.991. The molecule has 0 radical (unpaired) electrons. The van der Waals surface area contributed by atoms with E-state index in [2.05, 4.69) is 17.2 Å². The van der Waals surface area contributed by atoms with Crippen LogP contribution >= 0.6 is 0 Å². The SMILES string of the molecule is CCCCCCCCCCCCCCCCCCOCC1COC(COC(=O)NCc2ccncc2)C1. The maximum atomic E-state index is 11.9. The molecule has 0 aliphatic carbocycles. The average molecular weight is 519 g/mol. The van der Waals surface area contributed by atoms with Crippen molar-refractivity contribution in [3.05, 3.63) is 30.1 Å². The van der Waals surface area contributed by atoms with Crippen molar-refractivity contribution in [3.8, 4) is 0 Å². The molecule has 0 aromatic carbocycles. The molecule has 1 aromatic heterocycles. The molecule has 1 fully saturated rings. The van der Waals surface area contributed by atoms with Gasteiger partial charge in [-0.2, -0.15) is 0 Å². The summed E-state index contributed by atoms with van der Waals surface area (Å²) in [6.07, 6.45) is 26.0. The van der Waals surface area contributed by atoms with E-state index in [-0.39, 0.29) is 12.7 Å². The molecular weight excluding hydrogens is 464 g/mol. The predicted octanol–water partition coefficient (Wildman–Crippen LogP) is 7.99. The Morgan fingerprint density at radius 1 is 0.865 bits per heavy atom. The van der Waals surface area contributed by atoms with Crippen molar-refractivity contribution in [2.24, 2.45) is 5.92 Å². The number of alkyl carbamates (subject to hydrolysis) is 1. The molecule has 1 aromatic rings. The number of carbonyl (C=O) groups is 1. The van der Waals surface area contributed by atoms with Crippen LogP contribution in [0.1, 0.15) is 122 Å². The molecule has 0 saturated carbocycles. The van der Waals surface area contributed by atoms with Gasteiger partial charge in [-0.1, -0.05) is 103 Å². The Hall–Kier alpha value is -1.66. The molecule has 37 heavy (non-hydrogen) atoms. The second-order valence-corrected chi connectivity index (χ2v) is 10.7. The fourth-order valence-electron chi connectivity index (χ4n) is 4.91. The third-order valence-corrected chi connectivity index (χ3v) is 7.25. The normalized spacial score (nSPS) is 17.2. The molecule has 0 bridgehead atoms. The average Bonchev–Trinajstić information content (AvgIpc) is 3.38. The van der Waals surface area contributed by atoms with Crippen molar-refractivity contribution < 1.29 is 19.0 Å². The summed E-state index contributed by atoms with van der Waals surface area (Å²) in [7, 11) is 0. The van der Waals surface area contributed by atoms with E-state index in [1.54, 1.807) is 12.4 Å². The van der Waals surface area contributed by atoms with Gasteiger partial charge in [0.25, 0.3) is 0 Å². The molecule has 1 amide bonds. The Bertz CT molecular complexity index is 658. The minimum absolute atomic E-state index is 0.0316. The lowest BCUT2D eigenvalue weighted by Gasteiger charge is -2.12. The van der Waals surface area contributed by atoms with Crippen LogP contribution in [0.15, 0.2) is 24.5 Å². The van der Waals surface area contributed by atoms with Crippen molar-refractivity contribution in [1.29, 1.82) is 0 Å². The zero-order chi connectivity index (χ0) is 26.2. The summed E-state index contributed by atoms with van der Waals surface area (Å²) in [6, 6.07) is 3.73. The van der Waals surface area contributed by atoms with Gasteiger partial charge in [0.2, 0.25) is 0 Å². The van der Waals surface area contributed by atoms with Crippen LogP contribution in [-0.4, -0.2) is 43.6 Å². The summed E-state index contributed by atoms with van der Waals surface area (Å²) in [5.74, 6) is 0.398. The Kier molecular flexibility index (Phi) is 19.0. The van der Waals surface area contributed by atoms with Gasteiger partial charge in [0.05, 0.1) is 19.3 Å². The summed E-state index contributed by atoms with van der Waals surface area (Å²) in [6.45, 7) is 5.28. The lowest BCUT2D eigenvalue weighted by atomic mass is 10.0. The molecule has 1 aliphatic heterocycles. The Morgan fingerprint density at radius 3 is 2.03 bits per heavy atom. The molecule has 1 aliphatic rings. The van der Waals surface area contributed by atoms with Gasteiger partial charge in [-0.3, -0.25) is 4.98 Å². The molecule has 2 rings (SSSR count). The van der Waals surface area contributed by atoms with Crippen LogP contribution < -0.4 is 5.32 Å². The maximum absolute atomic E-state index is 11.9. The van der Waals surface area contributed by atoms with E-state index >= 15 is 0 Å². The van der Waals surface area contributed by atoms with Crippen LogP contribution in [0.25, 0.3) is 0 Å². The van der Waals surface area contributed by atoms with E-state index in [4.69, 9.17) is 14.2 Å². The number of nitrogens with one attached hydrogen (secondary N) is 1. The highest BCUT2D eigenvalue weighted by molar-refractivity contribution is 5.67. The highest BCUT2D eigenvalue weighted by atomic mass is 16.6. The molecule has 6 nitrogen and oxygen atoms in total. The Balaban J connectivity index is 1.29. The minimum Gasteiger partial charge on any atom is -0.447 e. The summed E-state index contributed by atoms with van der Waals surface area (Å²) >= 11 is 0. The van der Waals surface area contributed by atoms with Crippen LogP contribution in [0.5, 0.6) is 0 Å². The summed E-state index contributed by atoms with van der Waals surface area (Å²) in [4.78, 5) is 15.8. The van der Waals surface area contributed by atoms with Crippen molar-refractivity contribution in [2.45, 2.75) is 129 Å². The fourth-order valence-corrected chi connectivity index (χ4v) is 4.91. The van der Waals surface area contributed by atoms with Crippen LogP contribution in [0.3, 0.4) is 0 Å². The monoisotopic (exact) mass is 518 g/mol. The van der Waals surface area contributed by atoms with Crippen molar-refractivity contribution in [1.82, 2.24) is 10.3 Å². The van der Waals surface area contributed by atoms with Crippen LogP contribution in [-0.2, 0) is 20.8 Å². The van der Waals surface area contributed by atoms with Crippen LogP contribution in [0.2, 0.25) is 0 Å². The first-order valence-electron chi connectivity index (χ1n) is 15.3. The van der Waals surface area contributed by atoms with Gasteiger partial charge in [0.1, 0.15) is 6.61 Å². The van der Waals surface area contributed by atoms with Gasteiger partial charge in [0.15, 0.2) is 0 Å². The van der Waals surface area contributed by atoms with E-state index in [9.17, 15) is 4.79 Å². The van der Waals surface area contributed by atoms with E-state index in [1.165, 1.54) is 96.3 Å². The molecule has 1 N–H and O–H groups in total. The highest BCUT2D eigenvalue weighted by Crippen LogP contribution is 2.20. The van der Waals surface area contributed by atoms with E-state index < -0.39 is 6.09 Å². The largest absolute Gasteiger partial charge is 0.447 e. The maximum Gasteiger partial charge on any atom is 0.407 e. The standard InChI is InChI=1S/C31H54N2O4/c1-2-3-4-5-6-7-8-9-10-11-12-13-14-15-16-17-22-35-25-29-23-30(36-26-29)27-37-31(34)33-24-28-18-20-32-21-19-28/h18-21,29-30H,2-17,22-27H2,1H3,(H,33,34). The zero-order valence-electron chi connectivity index (χ0n) is 23.6. The minimum atomic E-state index is -0.413. The van der Waals surface area contributed by atoms with Crippen molar-refractivity contribution >= 4 is 6.09 Å². The molecule has 6 heteroatoms. The number of nitrogens with zero attached hydrogens (tertiary/aromatic N) is 1. The topological polar surface area (TPSA) is 69.7 Å². The van der Waals surface area contributed by atoms with Gasteiger partial charge in [0, 0.05) is 31.5 Å².